The third-order valence-corrected chi connectivity index (χ3v) is 12.4. The lowest BCUT2D eigenvalue weighted by atomic mass is 10.0. The summed E-state index contributed by atoms with van der Waals surface area (Å²) in [5.41, 5.74) is 0. The number of nitrogens with one attached hydrogen (secondary N) is 7. The molecule has 0 heterocycles. The van der Waals surface area contributed by atoms with Gasteiger partial charge in [0.05, 0.1) is 45.7 Å². The Kier molecular flexibility index (Phi) is 45.6. The lowest BCUT2D eigenvalue weighted by Gasteiger charge is -2.18. The van der Waals surface area contributed by atoms with Gasteiger partial charge in [0, 0.05) is 51.7 Å². The van der Waals surface area contributed by atoms with E-state index in [4.69, 9.17) is 24.1 Å². The first-order valence-electron chi connectivity index (χ1n) is 27.9. The molecule has 79 heavy (non-hydrogen) atoms. The molecule has 0 bridgehead atoms. The zero-order chi connectivity index (χ0) is 58.9. The summed E-state index contributed by atoms with van der Waals surface area (Å²) < 4.78 is 21.3. The first-order chi connectivity index (χ1) is 37.9. The van der Waals surface area contributed by atoms with Crippen LogP contribution < -0.4 is 37.2 Å². The Morgan fingerprint density at radius 1 is 0.342 bits per heavy atom. The van der Waals surface area contributed by atoms with Gasteiger partial charge in [-0.1, -0.05) is 77.0 Å². The average Bonchev–Trinajstić information content (AvgIpc) is 3.39. The highest BCUT2D eigenvalue weighted by Gasteiger charge is 2.26. The Morgan fingerprint density at radius 2 is 0.684 bits per heavy atom. The normalized spacial score (nSPS) is 12.5. The van der Waals surface area contributed by atoms with E-state index in [1.807, 2.05) is 0 Å². The number of Topliss-reactive ketones (excluding diaryl/α,β-unsaturated/α-hetero) is 1. The molecule has 11 N–H and O–H groups in total. The van der Waals surface area contributed by atoms with Crippen molar-refractivity contribution in [3.05, 3.63) is 0 Å². The summed E-state index contributed by atoms with van der Waals surface area (Å²) in [5, 5.41) is 55.3. The quantitative estimate of drug-likeness (QED) is 0.0389. The maximum absolute atomic E-state index is 12.6. The molecule has 26 nitrogen and oxygen atoms in total. The van der Waals surface area contributed by atoms with Gasteiger partial charge >= 0.3 is 23.9 Å². The van der Waals surface area contributed by atoms with E-state index in [1.54, 1.807) is 7.05 Å². The lowest BCUT2D eigenvalue weighted by Crippen LogP contribution is -2.45. The zero-order valence-corrected chi connectivity index (χ0v) is 46.7. The molecule has 0 aromatic rings. The topological polar surface area (TPSA) is 390 Å². The molecule has 0 radical (unpaired) electrons. The number of ketones is 1. The van der Waals surface area contributed by atoms with E-state index >= 15 is 0 Å². The predicted octanol–water partition coefficient (Wildman–Crippen LogP) is 2.12. The van der Waals surface area contributed by atoms with E-state index in [-0.39, 0.29) is 122 Å². The molecule has 0 aromatic heterocycles. The number of carbonyl (C=O) groups is 11. The number of unbranched alkanes of at least 4 members (excludes halogenated alkanes) is 14. The van der Waals surface area contributed by atoms with Crippen LogP contribution in [0.1, 0.15) is 167 Å². The summed E-state index contributed by atoms with van der Waals surface area (Å²) >= 11 is 0. The molecule has 6 amide bonds. The highest BCUT2D eigenvalue weighted by molar-refractivity contribution is 5.87. The predicted molar refractivity (Wildman–Crippen MR) is 288 cm³/mol. The molecule has 0 saturated heterocycles. The van der Waals surface area contributed by atoms with Crippen LogP contribution in [0.4, 0.5) is 0 Å². The van der Waals surface area contributed by atoms with Crippen LogP contribution in [0.25, 0.3) is 0 Å². The number of likely N-dealkylation sites (N-methyl/N-ethyl adjacent to an activating group) is 1. The second kappa shape index (κ2) is 49.2. The van der Waals surface area contributed by atoms with E-state index in [1.165, 1.54) is 26.2 Å². The van der Waals surface area contributed by atoms with Crippen molar-refractivity contribution >= 4 is 65.1 Å². The summed E-state index contributed by atoms with van der Waals surface area (Å²) in [4.78, 5) is 131. The van der Waals surface area contributed by atoms with Crippen LogP contribution in [0.5, 0.6) is 0 Å². The van der Waals surface area contributed by atoms with Crippen LogP contribution in [0.2, 0.25) is 0 Å². The minimum Gasteiger partial charge on any atom is -0.481 e. The minimum absolute atomic E-state index is 0.0728. The number of ether oxygens (including phenoxy) is 4. The fraction of sp³-hybridized carbons (Fsp3) is 0.792. The maximum Gasteiger partial charge on any atom is 0.326 e. The zero-order valence-electron chi connectivity index (χ0n) is 46.7. The molecule has 454 valence electrons. The van der Waals surface area contributed by atoms with E-state index in [2.05, 4.69) is 37.2 Å². The van der Waals surface area contributed by atoms with Crippen molar-refractivity contribution in [1.82, 2.24) is 37.2 Å². The third kappa shape index (κ3) is 45.7. The molecule has 0 aliphatic carbocycles. The van der Waals surface area contributed by atoms with Gasteiger partial charge in [-0.3, -0.25) is 38.4 Å². The highest BCUT2D eigenvalue weighted by Crippen LogP contribution is 2.14. The molecule has 0 saturated carbocycles. The Morgan fingerprint density at radius 3 is 1.06 bits per heavy atom. The van der Waals surface area contributed by atoms with Gasteiger partial charge in [-0.05, 0) is 65.3 Å². The van der Waals surface area contributed by atoms with E-state index in [9.17, 15) is 68.1 Å². The molecule has 0 aliphatic heterocycles. The molecular weight excluding hydrogens is 1040 g/mol. The second-order valence-electron chi connectivity index (χ2n) is 19.2. The van der Waals surface area contributed by atoms with E-state index in [0.29, 0.717) is 19.4 Å². The molecule has 26 heteroatoms. The molecular formula is C53H93N7O19. The number of carboxylic acids is 4. The van der Waals surface area contributed by atoms with Crippen molar-refractivity contribution in [2.75, 3.05) is 79.5 Å². The monoisotopic (exact) mass is 1130 g/mol. The number of hydrogen-bond donors (Lipinski definition) is 11. The Bertz CT molecular complexity index is 1790. The SMILES string of the molecule is CN[C@@H](CCCCNC(=O)COCCOCCNC(=O)COCCOCCNC(=O)CC[C@H](NC(=O)CC[C@H](NC(=O)CC[C@H](NC(=O)CCCCCCCCCCCCCCCCC(=O)O)C(=O)O)C(=O)O)C(=O)O)C(C)=O. The van der Waals surface area contributed by atoms with Gasteiger partial charge in [0.2, 0.25) is 35.4 Å². The molecule has 0 aliphatic rings. The van der Waals surface area contributed by atoms with Crippen molar-refractivity contribution in [2.24, 2.45) is 0 Å². The van der Waals surface area contributed by atoms with Crippen LogP contribution in [-0.2, 0) is 71.7 Å². The number of carboxylic acid groups (broad SMARTS) is 4. The van der Waals surface area contributed by atoms with Gasteiger partial charge in [-0.2, -0.15) is 0 Å². The summed E-state index contributed by atoms with van der Waals surface area (Å²) in [5.74, 6) is -8.26. The molecule has 0 fully saturated rings. The van der Waals surface area contributed by atoms with Crippen molar-refractivity contribution in [2.45, 2.75) is 192 Å². The van der Waals surface area contributed by atoms with Crippen molar-refractivity contribution in [1.29, 1.82) is 0 Å². The van der Waals surface area contributed by atoms with Crippen molar-refractivity contribution in [3.63, 3.8) is 0 Å². The minimum atomic E-state index is -1.57. The van der Waals surface area contributed by atoms with Gasteiger partial charge in [-0.15, -0.1) is 0 Å². The Balaban J connectivity index is 4.15. The largest absolute Gasteiger partial charge is 0.481 e. The number of rotatable bonds is 55. The Labute approximate surface area is 464 Å². The highest BCUT2D eigenvalue weighted by atomic mass is 16.5. The second-order valence-corrected chi connectivity index (χ2v) is 19.2. The van der Waals surface area contributed by atoms with Gasteiger partial charge < -0.3 is 76.6 Å². The van der Waals surface area contributed by atoms with E-state index in [0.717, 1.165) is 77.0 Å². The van der Waals surface area contributed by atoms with Crippen LogP contribution in [-0.4, -0.2) is 189 Å². The van der Waals surface area contributed by atoms with Crippen LogP contribution in [0.15, 0.2) is 0 Å². The van der Waals surface area contributed by atoms with Crippen LogP contribution in [0.3, 0.4) is 0 Å². The number of amides is 6. The Hall–Kier alpha value is -5.83. The van der Waals surface area contributed by atoms with Crippen LogP contribution >= 0.6 is 0 Å². The number of hydrogen-bond acceptors (Lipinski definition) is 16. The molecule has 0 unspecified atom stereocenters. The fourth-order valence-electron chi connectivity index (χ4n) is 7.82. The third-order valence-electron chi connectivity index (χ3n) is 12.4. The van der Waals surface area contributed by atoms with Crippen molar-refractivity contribution < 1.29 is 92.1 Å². The standard InChI is InChI=1S/C53H93N7O19/c1-39(61)40(54-2)19-17-18-28-55-48(66)37-78-35-34-77-32-30-57-49(67)38-79-36-33-76-31-29-56-44(62)25-22-41(51(70)71)59-46(64)27-24-43(53(74)75)60-47(65)26-23-42(52(72)73)58-45(63)20-15-13-11-9-7-5-3-4-6-8-10-12-14-16-21-50(68)69/h40-43,54H,3-38H2,1-2H3,(H,55,66)(H,56,62)(H,57,67)(H,58,63)(H,59,64)(H,60,65)(H,68,69)(H,70,71)(H,72,73)(H,74,75)/t40-,41-,42-,43-/m0/s1. The van der Waals surface area contributed by atoms with Gasteiger partial charge in [0.15, 0.2) is 0 Å². The molecule has 0 rings (SSSR count). The molecule has 4 atom stereocenters. The first kappa shape index (κ1) is 73.2. The first-order valence-corrected chi connectivity index (χ1v) is 27.9. The van der Waals surface area contributed by atoms with Gasteiger partial charge in [0.25, 0.3) is 0 Å². The average molecular weight is 1130 g/mol. The summed E-state index contributed by atoms with van der Waals surface area (Å²) in [6.45, 7) is 2.90. The van der Waals surface area contributed by atoms with Gasteiger partial charge in [-0.25, -0.2) is 14.4 Å². The number of aliphatic carboxylic acids is 4. The lowest BCUT2D eigenvalue weighted by molar-refractivity contribution is -0.144. The summed E-state index contributed by atoms with van der Waals surface area (Å²) in [7, 11) is 1.74. The number of carbonyl (C=O) groups excluding carboxylic acids is 7. The molecule has 0 aromatic carbocycles. The molecule has 0 spiro atoms. The fourth-order valence-corrected chi connectivity index (χ4v) is 7.82. The smallest absolute Gasteiger partial charge is 0.326 e. The van der Waals surface area contributed by atoms with Crippen LogP contribution in [0, 0.1) is 0 Å². The maximum atomic E-state index is 12.6. The van der Waals surface area contributed by atoms with Gasteiger partial charge in [0.1, 0.15) is 37.1 Å². The summed E-state index contributed by atoms with van der Waals surface area (Å²) in [6.07, 6.45) is 14.5. The summed E-state index contributed by atoms with van der Waals surface area (Å²) in [6, 6.07) is -4.62. The van der Waals surface area contributed by atoms with E-state index < -0.39 is 84.9 Å². The van der Waals surface area contributed by atoms with Crippen molar-refractivity contribution in [3.8, 4) is 0 Å².